The molecule has 0 aliphatic heterocycles. The van der Waals surface area contributed by atoms with Crippen LogP contribution in [0.25, 0.3) is 92.8 Å². The van der Waals surface area contributed by atoms with Crippen LogP contribution in [0, 0.1) is 0 Å². The summed E-state index contributed by atoms with van der Waals surface area (Å²) in [5.41, 5.74) is 11.8. The lowest BCUT2D eigenvalue weighted by molar-refractivity contribution is 1.20. The van der Waals surface area contributed by atoms with Crippen LogP contribution in [0.4, 0.5) is 17.1 Å². The van der Waals surface area contributed by atoms with E-state index in [4.69, 9.17) is 0 Å². The van der Waals surface area contributed by atoms with Crippen molar-refractivity contribution in [2.45, 2.75) is 0 Å². The lowest BCUT2D eigenvalue weighted by Gasteiger charge is -2.26. The minimum Gasteiger partial charge on any atom is -0.311 e. The molecule has 0 radical (unpaired) electrons. The van der Waals surface area contributed by atoms with Crippen LogP contribution >= 0.6 is 0 Å². The van der Waals surface area contributed by atoms with Crippen molar-refractivity contribution >= 4 is 82.0 Å². The summed E-state index contributed by atoms with van der Waals surface area (Å²) in [6.07, 6.45) is 0. The van der Waals surface area contributed by atoms with Gasteiger partial charge in [-0.25, -0.2) is 0 Å². The average molecular weight is 763 g/mol. The van der Waals surface area contributed by atoms with Crippen molar-refractivity contribution in [3.63, 3.8) is 0 Å². The second kappa shape index (κ2) is 13.9. The molecule has 0 N–H and O–H groups in total. The first-order valence-electron chi connectivity index (χ1n) is 20.7. The Bertz CT molecular complexity index is 3490. The van der Waals surface area contributed by atoms with Gasteiger partial charge >= 0.3 is 0 Å². The largest absolute Gasteiger partial charge is 0.311 e. The van der Waals surface area contributed by atoms with Crippen molar-refractivity contribution in [3.05, 3.63) is 231 Å². The van der Waals surface area contributed by atoms with Gasteiger partial charge in [-0.15, -0.1) is 0 Å². The van der Waals surface area contributed by atoms with E-state index in [2.05, 4.69) is 240 Å². The minimum absolute atomic E-state index is 1.11. The first kappa shape index (κ1) is 34.1. The Kier molecular flexibility index (Phi) is 7.89. The van der Waals surface area contributed by atoms with Gasteiger partial charge in [0.25, 0.3) is 0 Å². The number of para-hydroxylation sites is 1. The number of rotatable bonds is 6. The highest BCUT2D eigenvalue weighted by Crippen LogP contribution is 2.42. The Balaban J connectivity index is 0.961. The molecule has 60 heavy (non-hydrogen) atoms. The molecule has 0 unspecified atom stereocenters. The predicted molar refractivity (Wildman–Crippen MR) is 256 cm³/mol. The molecule has 0 saturated heterocycles. The number of benzene rings is 11. The Hall–Kier alpha value is -7.94. The number of hydrogen-bond acceptors (Lipinski definition) is 1. The Morgan fingerprint density at radius 1 is 0.267 bits per heavy atom. The van der Waals surface area contributed by atoms with Gasteiger partial charge in [-0.3, -0.25) is 0 Å². The molecule has 1 aromatic heterocycles. The number of nitrogens with zero attached hydrogens (tertiary/aromatic N) is 2. The first-order valence-corrected chi connectivity index (χ1v) is 20.7. The summed E-state index contributed by atoms with van der Waals surface area (Å²) in [5, 5.41) is 12.5. The molecule has 0 amide bonds. The fraction of sp³-hybridized carbons (Fsp3) is 0. The topological polar surface area (TPSA) is 8.17 Å². The molecule has 0 fully saturated rings. The molecule has 11 aromatic carbocycles. The molecule has 0 aliphatic carbocycles. The van der Waals surface area contributed by atoms with Crippen molar-refractivity contribution < 1.29 is 0 Å². The van der Waals surface area contributed by atoms with Crippen LogP contribution in [0.2, 0.25) is 0 Å². The number of aromatic nitrogens is 1. The summed E-state index contributed by atoms with van der Waals surface area (Å²) in [4.78, 5) is 2.34. The van der Waals surface area contributed by atoms with Gasteiger partial charge in [-0.2, -0.15) is 0 Å². The van der Waals surface area contributed by atoms with Crippen molar-refractivity contribution in [1.82, 2.24) is 4.57 Å². The van der Waals surface area contributed by atoms with E-state index >= 15 is 0 Å². The number of anilines is 3. The molecule has 12 aromatic rings. The third-order valence-corrected chi connectivity index (χ3v) is 12.3. The van der Waals surface area contributed by atoms with E-state index in [1.165, 1.54) is 92.8 Å². The van der Waals surface area contributed by atoms with Gasteiger partial charge in [0.1, 0.15) is 0 Å². The van der Waals surface area contributed by atoms with Gasteiger partial charge < -0.3 is 9.47 Å². The van der Waals surface area contributed by atoms with Crippen LogP contribution in [0.5, 0.6) is 0 Å². The smallest absolute Gasteiger partial charge is 0.0547 e. The summed E-state index contributed by atoms with van der Waals surface area (Å²) >= 11 is 0. The normalized spacial score (nSPS) is 11.7. The molecular weight excluding hydrogens is 725 g/mol. The maximum Gasteiger partial charge on any atom is 0.0547 e. The molecule has 12 rings (SSSR count). The molecule has 280 valence electrons. The molecule has 1 heterocycles. The summed E-state index contributed by atoms with van der Waals surface area (Å²) < 4.78 is 2.49. The van der Waals surface area contributed by atoms with Gasteiger partial charge in [0.15, 0.2) is 0 Å². The summed E-state index contributed by atoms with van der Waals surface area (Å²) in [6.45, 7) is 0. The third kappa shape index (κ3) is 5.65. The van der Waals surface area contributed by atoms with Gasteiger partial charge in [0.05, 0.1) is 16.7 Å². The summed E-state index contributed by atoms with van der Waals surface area (Å²) in [6, 6.07) is 84.3. The van der Waals surface area contributed by atoms with E-state index in [1.807, 2.05) is 0 Å². The van der Waals surface area contributed by atoms with Crippen molar-refractivity contribution in [2.24, 2.45) is 0 Å². The van der Waals surface area contributed by atoms with Gasteiger partial charge in [-0.1, -0.05) is 158 Å². The maximum absolute atomic E-state index is 2.49. The van der Waals surface area contributed by atoms with Gasteiger partial charge in [0, 0.05) is 33.2 Å². The summed E-state index contributed by atoms with van der Waals surface area (Å²) in [7, 11) is 0. The second-order valence-corrected chi connectivity index (χ2v) is 15.8. The van der Waals surface area contributed by atoms with Crippen molar-refractivity contribution in [1.29, 1.82) is 0 Å². The highest BCUT2D eigenvalue weighted by atomic mass is 15.1. The highest BCUT2D eigenvalue weighted by molar-refractivity contribution is 6.18. The quantitative estimate of drug-likeness (QED) is 0.164. The Morgan fingerprint density at radius 2 is 0.717 bits per heavy atom. The fourth-order valence-electron chi connectivity index (χ4n) is 9.36. The minimum atomic E-state index is 1.11. The third-order valence-electron chi connectivity index (χ3n) is 12.3. The average Bonchev–Trinajstić information content (AvgIpc) is 3.61. The van der Waals surface area contributed by atoms with Gasteiger partial charge in [0.2, 0.25) is 0 Å². The van der Waals surface area contributed by atoms with E-state index < -0.39 is 0 Å². The zero-order valence-corrected chi connectivity index (χ0v) is 32.8. The first-order chi connectivity index (χ1) is 29.7. The standard InChI is InChI=1S/C58H38N2/c1-2-18-48(19-3-1)59(49-28-24-40(25-29-49)47-23-22-39-12-4-5-13-42(39)34-47)50-30-26-41(27-31-50)51-32-33-56(53-21-11-10-20-52(51)53)60-57-37-45-16-8-6-14-43(45)35-54(57)55-36-44-15-7-9-17-46(44)38-58(55)60/h1-38H. The number of fused-ring (bicyclic) bond motifs is 7. The van der Waals surface area contributed by atoms with Crippen LogP contribution in [0.3, 0.4) is 0 Å². The fourth-order valence-corrected chi connectivity index (χ4v) is 9.36. The molecule has 2 heteroatoms. The van der Waals surface area contributed by atoms with Gasteiger partial charge in [-0.05, 0) is 133 Å². The lowest BCUT2D eigenvalue weighted by Crippen LogP contribution is -2.09. The number of hydrogen-bond donors (Lipinski definition) is 0. The zero-order valence-electron chi connectivity index (χ0n) is 32.8. The van der Waals surface area contributed by atoms with Crippen molar-refractivity contribution in [2.75, 3.05) is 4.90 Å². The highest BCUT2D eigenvalue weighted by Gasteiger charge is 2.19. The SMILES string of the molecule is c1ccc(N(c2ccc(-c3ccc4ccccc4c3)cc2)c2ccc(-c3ccc(-n4c5cc6ccccc6cc5c5cc6ccccc6cc54)c4ccccc34)cc2)cc1. The lowest BCUT2D eigenvalue weighted by atomic mass is 9.96. The molecule has 0 spiro atoms. The molecule has 0 saturated carbocycles. The predicted octanol–water partition coefficient (Wildman–Crippen LogP) is 16.2. The van der Waals surface area contributed by atoms with Crippen molar-refractivity contribution in [3.8, 4) is 27.9 Å². The van der Waals surface area contributed by atoms with Crippen LogP contribution in [0.1, 0.15) is 0 Å². The van der Waals surface area contributed by atoms with E-state index in [0.717, 1.165) is 17.1 Å². The van der Waals surface area contributed by atoms with Crippen LogP contribution in [-0.2, 0) is 0 Å². The molecule has 0 aliphatic rings. The van der Waals surface area contributed by atoms with Crippen LogP contribution in [-0.4, -0.2) is 4.57 Å². The summed E-state index contributed by atoms with van der Waals surface area (Å²) in [5.74, 6) is 0. The van der Waals surface area contributed by atoms with Crippen LogP contribution < -0.4 is 4.90 Å². The molecular formula is C58H38N2. The van der Waals surface area contributed by atoms with E-state index in [0.29, 0.717) is 0 Å². The van der Waals surface area contributed by atoms with E-state index in [-0.39, 0.29) is 0 Å². The van der Waals surface area contributed by atoms with E-state index in [1.54, 1.807) is 0 Å². The van der Waals surface area contributed by atoms with E-state index in [9.17, 15) is 0 Å². The molecule has 2 nitrogen and oxygen atoms in total. The molecule has 0 bridgehead atoms. The maximum atomic E-state index is 2.49. The monoisotopic (exact) mass is 762 g/mol. The zero-order chi connectivity index (χ0) is 39.6. The Morgan fingerprint density at radius 3 is 1.32 bits per heavy atom. The molecule has 0 atom stereocenters. The van der Waals surface area contributed by atoms with Crippen LogP contribution in [0.15, 0.2) is 231 Å². The Labute approximate surface area is 348 Å². The second-order valence-electron chi connectivity index (χ2n) is 15.8.